The molecule has 136 valence electrons. The van der Waals surface area contributed by atoms with Gasteiger partial charge in [0.1, 0.15) is 0 Å². The molecular weight excluding hydrogens is 348 g/mol. The minimum Gasteiger partial charge on any atom is -0.380 e. The molecule has 0 spiro atoms. The number of oxime groups is 1. The number of amidine groups is 1. The Morgan fingerprint density at radius 3 is 2.46 bits per heavy atom. The van der Waals surface area contributed by atoms with E-state index in [1.807, 2.05) is 0 Å². The van der Waals surface area contributed by atoms with Crippen LogP contribution < -0.4 is 5.73 Å². The fourth-order valence-electron chi connectivity index (χ4n) is 1.96. The lowest BCUT2D eigenvalue weighted by Gasteiger charge is -2.01. The summed E-state index contributed by atoms with van der Waals surface area (Å²) in [5.41, 5.74) is 6.41. The van der Waals surface area contributed by atoms with Crippen LogP contribution in [0.1, 0.15) is 17.7 Å². The number of aromatic nitrogens is 2. The number of nitrogens with zero attached hydrogens (tertiary/aromatic N) is 5. The quantitative estimate of drug-likeness (QED) is 0.252. The molecule has 0 aliphatic heterocycles. The molecule has 2 rings (SSSR count). The molecule has 0 aliphatic carbocycles. The molecule has 0 atom stereocenters. The van der Waals surface area contributed by atoms with Crippen molar-refractivity contribution in [2.24, 2.45) is 10.9 Å². The Hall–Kier alpha value is -3.83. The van der Waals surface area contributed by atoms with Crippen LogP contribution in [0.4, 0.5) is 11.5 Å². The number of rotatable bonds is 7. The predicted molar refractivity (Wildman–Crippen MR) is 88.1 cm³/mol. The molecule has 12 nitrogen and oxygen atoms in total. The van der Waals surface area contributed by atoms with Crippen molar-refractivity contribution in [1.82, 2.24) is 9.78 Å². The Bertz CT molecular complexity index is 873. The first-order valence-electron chi connectivity index (χ1n) is 7.25. The molecule has 1 heterocycles. The molecule has 0 bridgehead atoms. The van der Waals surface area contributed by atoms with Crippen molar-refractivity contribution in [1.29, 1.82) is 0 Å². The molecule has 1 aromatic heterocycles. The third-order valence-electron chi connectivity index (χ3n) is 3.30. The smallest absolute Gasteiger partial charge is 0.380 e. The van der Waals surface area contributed by atoms with Gasteiger partial charge >= 0.3 is 11.8 Å². The van der Waals surface area contributed by atoms with Crippen LogP contribution in [0.15, 0.2) is 35.5 Å². The zero-order chi connectivity index (χ0) is 19.3. The van der Waals surface area contributed by atoms with Crippen LogP contribution in [0, 0.1) is 27.2 Å². The van der Waals surface area contributed by atoms with Gasteiger partial charge in [-0.1, -0.05) is 5.16 Å². The standard InChI is InChI=1S/C14H14N6O6/c1-9-8-12(20(24)25)16-18(9)7-6-13(21)26-17-14(15)10-2-4-11(5-3-10)19(22)23/h2-5,8H,6-7H2,1H3,(H2,15,17). The number of non-ortho nitro benzene ring substituents is 1. The van der Waals surface area contributed by atoms with Crippen molar-refractivity contribution in [2.75, 3.05) is 0 Å². The van der Waals surface area contributed by atoms with Gasteiger partial charge < -0.3 is 20.7 Å². The molecule has 0 fully saturated rings. The second kappa shape index (κ2) is 7.83. The van der Waals surface area contributed by atoms with Crippen LogP contribution in [0.25, 0.3) is 0 Å². The number of nitro groups is 2. The number of aryl methyl sites for hydroxylation is 2. The number of nitrogens with two attached hydrogens (primary N) is 1. The molecule has 12 heteroatoms. The van der Waals surface area contributed by atoms with E-state index in [0.717, 1.165) is 0 Å². The third kappa shape index (κ3) is 4.59. The zero-order valence-corrected chi connectivity index (χ0v) is 13.6. The van der Waals surface area contributed by atoms with Crippen molar-refractivity contribution in [2.45, 2.75) is 19.9 Å². The maximum Gasteiger partial charge on any atom is 0.390 e. The van der Waals surface area contributed by atoms with Gasteiger partial charge in [-0.15, -0.1) is 0 Å². The predicted octanol–water partition coefficient (Wildman–Crippen LogP) is 1.26. The topological polar surface area (TPSA) is 169 Å². The molecule has 0 saturated heterocycles. The molecule has 0 aliphatic rings. The number of nitro benzene ring substituents is 1. The summed E-state index contributed by atoms with van der Waals surface area (Å²) in [6, 6.07) is 6.52. The van der Waals surface area contributed by atoms with Gasteiger partial charge in [-0.2, -0.15) is 4.68 Å². The molecule has 26 heavy (non-hydrogen) atoms. The highest BCUT2D eigenvalue weighted by Gasteiger charge is 2.16. The van der Waals surface area contributed by atoms with E-state index < -0.39 is 15.8 Å². The van der Waals surface area contributed by atoms with Crippen LogP contribution >= 0.6 is 0 Å². The van der Waals surface area contributed by atoms with Gasteiger partial charge in [0.25, 0.3) is 5.69 Å². The molecule has 0 saturated carbocycles. The van der Waals surface area contributed by atoms with Gasteiger partial charge in [0.05, 0.1) is 34.7 Å². The largest absolute Gasteiger partial charge is 0.390 e. The van der Waals surface area contributed by atoms with Crippen molar-refractivity contribution >= 4 is 23.3 Å². The van der Waals surface area contributed by atoms with Gasteiger partial charge in [-0.25, -0.2) is 4.79 Å². The number of carbonyl (C=O) groups excluding carboxylic acids is 1. The maximum atomic E-state index is 11.7. The lowest BCUT2D eigenvalue weighted by Crippen LogP contribution is -2.16. The number of hydrogen-bond donors (Lipinski definition) is 1. The van der Waals surface area contributed by atoms with E-state index in [-0.39, 0.29) is 30.3 Å². The average Bonchev–Trinajstić information content (AvgIpc) is 2.99. The van der Waals surface area contributed by atoms with E-state index in [4.69, 9.17) is 5.73 Å². The normalized spacial score (nSPS) is 11.2. The Morgan fingerprint density at radius 1 is 1.27 bits per heavy atom. The van der Waals surface area contributed by atoms with Crippen molar-refractivity contribution < 1.29 is 19.5 Å². The lowest BCUT2D eigenvalue weighted by atomic mass is 10.2. The number of hydrogen-bond acceptors (Lipinski definition) is 8. The summed E-state index contributed by atoms with van der Waals surface area (Å²) in [7, 11) is 0. The second-order valence-electron chi connectivity index (χ2n) is 5.12. The first-order valence-corrected chi connectivity index (χ1v) is 7.25. The molecular formula is C14H14N6O6. The summed E-state index contributed by atoms with van der Waals surface area (Å²) in [4.78, 5) is 36.4. The second-order valence-corrected chi connectivity index (χ2v) is 5.12. The minimum atomic E-state index is -0.715. The molecule has 2 N–H and O–H groups in total. The van der Waals surface area contributed by atoms with E-state index in [9.17, 15) is 25.0 Å². The summed E-state index contributed by atoms with van der Waals surface area (Å²) < 4.78 is 1.31. The van der Waals surface area contributed by atoms with E-state index in [2.05, 4.69) is 15.1 Å². The number of benzene rings is 1. The van der Waals surface area contributed by atoms with Crippen molar-refractivity contribution in [3.63, 3.8) is 0 Å². The van der Waals surface area contributed by atoms with Crippen molar-refractivity contribution in [3.05, 3.63) is 61.8 Å². The Morgan fingerprint density at radius 2 is 1.92 bits per heavy atom. The average molecular weight is 362 g/mol. The van der Waals surface area contributed by atoms with Crippen LogP contribution in [0.5, 0.6) is 0 Å². The summed E-state index contributed by atoms with van der Waals surface area (Å²) in [6.07, 6.45) is -0.128. The van der Waals surface area contributed by atoms with E-state index in [1.54, 1.807) is 6.92 Å². The summed E-state index contributed by atoms with van der Waals surface area (Å²) in [5, 5.41) is 28.4. The van der Waals surface area contributed by atoms with Crippen LogP contribution in [-0.2, 0) is 16.2 Å². The molecule has 0 unspecified atom stereocenters. The van der Waals surface area contributed by atoms with E-state index >= 15 is 0 Å². The monoisotopic (exact) mass is 362 g/mol. The highest BCUT2D eigenvalue weighted by atomic mass is 16.7. The van der Waals surface area contributed by atoms with Gasteiger partial charge in [0.15, 0.2) is 5.84 Å². The fourth-order valence-corrected chi connectivity index (χ4v) is 1.96. The van der Waals surface area contributed by atoms with Crippen LogP contribution in [0.3, 0.4) is 0 Å². The highest BCUT2D eigenvalue weighted by molar-refractivity contribution is 5.97. The maximum absolute atomic E-state index is 11.7. The number of carbonyl (C=O) groups is 1. The third-order valence-corrected chi connectivity index (χ3v) is 3.30. The van der Waals surface area contributed by atoms with Crippen LogP contribution in [0.2, 0.25) is 0 Å². The SMILES string of the molecule is Cc1cc([N+](=O)[O-])nn1CCC(=O)O/N=C(\N)c1ccc([N+](=O)[O-])cc1. The minimum absolute atomic E-state index is 0.0749. The zero-order valence-electron chi connectivity index (χ0n) is 13.6. The van der Waals surface area contributed by atoms with Gasteiger partial charge in [-0.05, 0) is 24.0 Å². The van der Waals surface area contributed by atoms with Gasteiger partial charge in [0, 0.05) is 17.7 Å². The Kier molecular flexibility index (Phi) is 5.57. The van der Waals surface area contributed by atoms with Crippen molar-refractivity contribution in [3.8, 4) is 0 Å². The lowest BCUT2D eigenvalue weighted by molar-refractivity contribution is -0.389. The van der Waals surface area contributed by atoms with E-state index in [0.29, 0.717) is 11.3 Å². The molecule has 1 aromatic carbocycles. The first kappa shape index (κ1) is 18.5. The fraction of sp³-hybridized carbons (Fsp3) is 0.214. The van der Waals surface area contributed by atoms with Gasteiger partial charge in [0.2, 0.25) is 0 Å². The van der Waals surface area contributed by atoms with Crippen LogP contribution in [-0.4, -0.2) is 31.4 Å². The van der Waals surface area contributed by atoms with Gasteiger partial charge in [-0.3, -0.25) is 10.1 Å². The first-order chi connectivity index (χ1) is 12.3. The summed E-state index contributed by atoms with van der Waals surface area (Å²) in [5.74, 6) is -1.15. The highest BCUT2D eigenvalue weighted by Crippen LogP contribution is 2.13. The molecule has 2 aromatic rings. The summed E-state index contributed by atoms with van der Waals surface area (Å²) in [6.45, 7) is 1.70. The van der Waals surface area contributed by atoms with E-state index in [1.165, 1.54) is 35.0 Å². The molecule has 0 radical (unpaired) electrons. The summed E-state index contributed by atoms with van der Waals surface area (Å²) >= 11 is 0. The Labute approximate surface area is 146 Å². The molecule has 0 amide bonds. The Balaban J connectivity index is 1.92.